The molecule has 1 unspecified atom stereocenters. The van der Waals surface area contributed by atoms with Crippen LogP contribution in [0.3, 0.4) is 0 Å². The number of nitrogens with two attached hydrogens (primary N) is 1. The number of hydrogen-bond acceptors (Lipinski definition) is 6. The predicted molar refractivity (Wildman–Crippen MR) is 196 cm³/mol. The number of amides is 5. The Hall–Kier alpha value is -4.74. The van der Waals surface area contributed by atoms with Crippen molar-refractivity contribution in [3.63, 3.8) is 0 Å². The third-order valence-electron chi connectivity index (χ3n) is 9.27. The zero-order chi connectivity index (χ0) is 37.8. The molecule has 12 heteroatoms. The average Bonchev–Trinajstić information content (AvgIpc) is 3.11. The van der Waals surface area contributed by atoms with Crippen molar-refractivity contribution < 1.29 is 33.9 Å². The Morgan fingerprint density at radius 3 is 1.33 bits per heavy atom. The van der Waals surface area contributed by atoms with Crippen molar-refractivity contribution in [3.8, 4) is 0 Å². The van der Waals surface area contributed by atoms with E-state index in [0.717, 1.165) is 30.4 Å². The Labute approximate surface area is 302 Å². The first-order valence-electron chi connectivity index (χ1n) is 18.2. The van der Waals surface area contributed by atoms with Crippen LogP contribution in [0.1, 0.15) is 96.6 Å². The number of carboxylic acids is 1. The van der Waals surface area contributed by atoms with E-state index in [2.05, 4.69) is 21.3 Å². The highest BCUT2D eigenvalue weighted by atomic mass is 16.4. The third-order valence-corrected chi connectivity index (χ3v) is 9.27. The van der Waals surface area contributed by atoms with Crippen molar-refractivity contribution in [3.05, 3.63) is 71.8 Å². The monoisotopic (exact) mass is 707 g/mol. The van der Waals surface area contributed by atoms with Gasteiger partial charge >= 0.3 is 5.97 Å². The van der Waals surface area contributed by atoms with Crippen LogP contribution in [0.25, 0.3) is 0 Å². The van der Waals surface area contributed by atoms with Crippen molar-refractivity contribution in [2.75, 3.05) is 0 Å². The lowest BCUT2D eigenvalue weighted by atomic mass is 9.96. The van der Waals surface area contributed by atoms with Crippen molar-refractivity contribution in [2.24, 2.45) is 17.6 Å². The van der Waals surface area contributed by atoms with Crippen molar-refractivity contribution in [2.45, 2.75) is 122 Å². The minimum Gasteiger partial charge on any atom is -0.480 e. The van der Waals surface area contributed by atoms with Gasteiger partial charge in [-0.1, -0.05) is 120 Å². The number of hydrogen-bond donors (Lipinski definition) is 6. The summed E-state index contributed by atoms with van der Waals surface area (Å²) >= 11 is 0. The van der Waals surface area contributed by atoms with Gasteiger partial charge in [0.1, 0.15) is 24.2 Å². The van der Waals surface area contributed by atoms with E-state index in [1.807, 2.05) is 64.1 Å². The molecular formula is C39H57N5O7. The third kappa shape index (κ3) is 15.8. The summed E-state index contributed by atoms with van der Waals surface area (Å²) in [5.41, 5.74) is 7.21. The second-order valence-electron chi connectivity index (χ2n) is 13.4. The van der Waals surface area contributed by atoms with Gasteiger partial charge in [0.05, 0.1) is 0 Å². The minimum absolute atomic E-state index is 0.130. The molecule has 6 atom stereocenters. The fourth-order valence-electron chi connectivity index (χ4n) is 5.64. The predicted octanol–water partition coefficient (Wildman–Crippen LogP) is 3.80. The summed E-state index contributed by atoms with van der Waals surface area (Å²) in [6.45, 7) is 7.54. The maximum atomic E-state index is 13.2. The van der Waals surface area contributed by atoms with Gasteiger partial charge in [-0.15, -0.1) is 0 Å². The van der Waals surface area contributed by atoms with E-state index in [1.165, 1.54) is 0 Å². The van der Waals surface area contributed by atoms with Crippen LogP contribution in [0.15, 0.2) is 60.7 Å². The molecule has 0 spiro atoms. The van der Waals surface area contributed by atoms with Gasteiger partial charge in [0.15, 0.2) is 0 Å². The summed E-state index contributed by atoms with van der Waals surface area (Å²) in [7, 11) is 0. The first-order valence-corrected chi connectivity index (χ1v) is 18.2. The first-order chi connectivity index (χ1) is 24.4. The molecule has 12 nitrogen and oxygen atoms in total. The molecule has 0 aliphatic rings. The summed E-state index contributed by atoms with van der Waals surface area (Å²) in [6, 6.07) is 14.6. The quantitative estimate of drug-likeness (QED) is 0.0892. The number of primary amides is 1. The number of aliphatic carboxylic acids is 1. The van der Waals surface area contributed by atoms with Crippen LogP contribution in [-0.4, -0.2) is 64.8 Å². The Bertz CT molecular complexity index is 1300. The molecule has 2 aromatic rings. The van der Waals surface area contributed by atoms with Gasteiger partial charge in [-0.05, 0) is 35.8 Å². The topological polar surface area (TPSA) is 197 Å². The van der Waals surface area contributed by atoms with E-state index in [9.17, 15) is 33.9 Å². The molecule has 0 bridgehead atoms. The minimum atomic E-state index is -1.15. The van der Waals surface area contributed by atoms with Gasteiger partial charge < -0.3 is 32.1 Å². The number of carboxylic acid groups (broad SMARTS) is 1. The van der Waals surface area contributed by atoms with Crippen LogP contribution in [0, 0.1) is 11.8 Å². The number of benzene rings is 2. The first kappa shape index (κ1) is 42.4. The molecule has 2 rings (SSSR count). The molecule has 5 amide bonds. The Morgan fingerprint density at radius 1 is 0.588 bits per heavy atom. The number of rotatable bonds is 24. The number of carbonyl (C=O) groups is 6. The van der Waals surface area contributed by atoms with Crippen LogP contribution in [0.4, 0.5) is 0 Å². The van der Waals surface area contributed by atoms with Crippen molar-refractivity contribution >= 4 is 35.5 Å². The van der Waals surface area contributed by atoms with E-state index in [-0.39, 0.29) is 49.3 Å². The largest absolute Gasteiger partial charge is 0.480 e. The van der Waals surface area contributed by atoms with Crippen LogP contribution < -0.4 is 27.0 Å². The maximum absolute atomic E-state index is 13.2. The lowest BCUT2D eigenvalue weighted by molar-refractivity contribution is -0.142. The van der Waals surface area contributed by atoms with E-state index >= 15 is 0 Å². The zero-order valence-electron chi connectivity index (χ0n) is 30.5. The highest BCUT2D eigenvalue weighted by Crippen LogP contribution is 2.14. The summed E-state index contributed by atoms with van der Waals surface area (Å²) in [6.07, 6.45) is 5.60. The maximum Gasteiger partial charge on any atom is 0.326 e. The molecule has 0 saturated carbocycles. The Kier molecular flexibility index (Phi) is 19.0. The highest BCUT2D eigenvalue weighted by Gasteiger charge is 2.31. The Balaban J connectivity index is 1.77. The molecule has 0 aliphatic heterocycles. The van der Waals surface area contributed by atoms with E-state index < -0.39 is 47.9 Å². The summed E-state index contributed by atoms with van der Waals surface area (Å²) in [5.74, 6) is -3.65. The fourth-order valence-corrected chi connectivity index (χ4v) is 5.64. The summed E-state index contributed by atoms with van der Waals surface area (Å²) in [5, 5.41) is 20.7. The molecule has 2 aromatic carbocycles. The molecule has 51 heavy (non-hydrogen) atoms. The van der Waals surface area contributed by atoms with E-state index in [0.29, 0.717) is 25.7 Å². The highest BCUT2D eigenvalue weighted by molar-refractivity contribution is 5.92. The van der Waals surface area contributed by atoms with Crippen molar-refractivity contribution in [1.29, 1.82) is 0 Å². The van der Waals surface area contributed by atoms with Gasteiger partial charge in [0.25, 0.3) is 0 Å². The number of nitrogens with one attached hydrogen (secondary N) is 4. The lowest BCUT2D eigenvalue weighted by Gasteiger charge is -2.26. The summed E-state index contributed by atoms with van der Waals surface area (Å²) in [4.78, 5) is 75.9. The van der Waals surface area contributed by atoms with E-state index in [1.54, 1.807) is 24.3 Å². The molecule has 0 saturated heterocycles. The number of unbranched alkanes of at least 4 members (excludes halogenated alkanes) is 4. The molecule has 280 valence electrons. The van der Waals surface area contributed by atoms with Crippen LogP contribution in [0.2, 0.25) is 0 Å². The number of carbonyl (C=O) groups excluding carboxylic acids is 5. The average molecular weight is 708 g/mol. The van der Waals surface area contributed by atoms with Crippen LogP contribution >= 0.6 is 0 Å². The van der Waals surface area contributed by atoms with Gasteiger partial charge in [-0.25, -0.2) is 4.79 Å². The molecule has 7 N–H and O–H groups in total. The second kappa shape index (κ2) is 22.9. The molecular weight excluding hydrogens is 650 g/mol. The molecule has 0 aromatic heterocycles. The zero-order valence-corrected chi connectivity index (χ0v) is 30.5. The van der Waals surface area contributed by atoms with Crippen LogP contribution in [0.5, 0.6) is 0 Å². The smallest absolute Gasteiger partial charge is 0.326 e. The molecule has 0 aliphatic carbocycles. The second-order valence-corrected chi connectivity index (χ2v) is 13.4. The van der Waals surface area contributed by atoms with Gasteiger partial charge in [0.2, 0.25) is 29.5 Å². The Morgan fingerprint density at radius 2 is 0.961 bits per heavy atom. The molecule has 0 heterocycles. The van der Waals surface area contributed by atoms with Crippen LogP contribution in [-0.2, 0) is 41.6 Å². The summed E-state index contributed by atoms with van der Waals surface area (Å²) < 4.78 is 0. The van der Waals surface area contributed by atoms with Gasteiger partial charge in [0, 0.05) is 25.7 Å². The molecule has 0 fully saturated rings. The van der Waals surface area contributed by atoms with Gasteiger partial charge in [-0.3, -0.25) is 24.0 Å². The molecule has 0 radical (unpaired) electrons. The normalized spacial score (nSPS) is 14.5. The SMILES string of the molecule is CCC(C)[C@H](NC(=O)CCCCCCCC(=O)N[C@H](C(=O)N[C@@H](Cc1ccccc1)C(N)=O)[C@H](C)CC)C(=O)N[C@@H](Cc1ccccc1)C(=O)O. The van der Waals surface area contributed by atoms with Gasteiger partial charge in [-0.2, -0.15) is 0 Å². The fraction of sp³-hybridized carbons (Fsp3) is 0.538. The van der Waals surface area contributed by atoms with Crippen molar-refractivity contribution in [1.82, 2.24) is 21.3 Å². The standard InChI is InChI=1S/C39H57N5O7/c1-5-26(3)34(37(48)41-30(36(40)47)24-28-18-12-10-13-19-28)43-32(45)22-16-8-7-9-17-23-33(46)44-35(27(4)6-2)38(49)42-31(39(50)51)25-29-20-14-11-15-21-29/h10-15,18-21,26-27,30-31,34-35H,5-9,16-17,22-25H2,1-4H3,(H2,40,47)(H,41,48)(H,42,49)(H,43,45)(H,44,46)(H,50,51)/t26-,27?,30+,31+,34+,35+/m1/s1. The lowest BCUT2D eigenvalue weighted by Crippen LogP contribution is -2.55. The van der Waals surface area contributed by atoms with E-state index in [4.69, 9.17) is 5.73 Å².